The second-order valence-corrected chi connectivity index (χ2v) is 9.05. The first-order valence-corrected chi connectivity index (χ1v) is 11.8. The molecule has 0 spiro atoms. The van der Waals surface area contributed by atoms with Crippen LogP contribution in [0.25, 0.3) is 10.2 Å². The van der Waals surface area contributed by atoms with Crippen molar-refractivity contribution in [3.8, 4) is 0 Å². The molecule has 4 rings (SSSR count). The summed E-state index contributed by atoms with van der Waals surface area (Å²) in [5.74, 6) is 0.545. The van der Waals surface area contributed by atoms with Crippen LogP contribution in [0.15, 0.2) is 46.9 Å². The third-order valence-corrected chi connectivity index (χ3v) is 6.92. The monoisotopic (exact) mass is 458 g/mol. The zero-order valence-electron chi connectivity index (χ0n) is 16.0. The van der Waals surface area contributed by atoms with Crippen molar-refractivity contribution in [1.29, 1.82) is 0 Å². The van der Waals surface area contributed by atoms with Crippen LogP contribution >= 0.6 is 34.4 Å². The zero-order valence-corrected chi connectivity index (χ0v) is 18.4. The number of fused-ring (bicyclic) bond motifs is 1. The molecule has 2 amide bonds. The Labute approximate surface area is 184 Å². The van der Waals surface area contributed by atoms with E-state index < -0.39 is 0 Å². The second-order valence-electron chi connectivity index (χ2n) is 6.13. The van der Waals surface area contributed by atoms with Crippen LogP contribution in [0.1, 0.15) is 22.4 Å². The molecule has 1 aromatic carbocycles. The van der Waals surface area contributed by atoms with Gasteiger partial charge in [0.2, 0.25) is 5.91 Å². The van der Waals surface area contributed by atoms with E-state index >= 15 is 0 Å². The van der Waals surface area contributed by atoms with Crippen LogP contribution in [0.5, 0.6) is 0 Å². The fourth-order valence-corrected chi connectivity index (χ4v) is 5.08. The van der Waals surface area contributed by atoms with Gasteiger partial charge in [0.05, 0.1) is 27.4 Å². The van der Waals surface area contributed by atoms with Gasteiger partial charge in [-0.2, -0.15) is 0 Å². The summed E-state index contributed by atoms with van der Waals surface area (Å²) < 4.78 is 2.92. The number of carbonyl (C=O) groups excluding carboxylic acids is 2. The van der Waals surface area contributed by atoms with Crippen LogP contribution in [0.2, 0.25) is 0 Å². The molecule has 11 heteroatoms. The van der Waals surface area contributed by atoms with E-state index in [0.29, 0.717) is 27.5 Å². The lowest BCUT2D eigenvalue weighted by atomic mass is 10.3. The number of thiazole rings is 1. The van der Waals surface area contributed by atoms with E-state index in [1.165, 1.54) is 34.4 Å². The predicted octanol–water partition coefficient (Wildman–Crippen LogP) is 3.63. The first-order valence-electron chi connectivity index (χ1n) is 9.16. The standard InChI is InChI=1S/C19H18N6O2S3/c1-2-25-15(10-20-17(27)14-8-5-9-28-14)23-24-19(25)29-11-16(26)22-18-21-12-6-3-4-7-13(12)30-18/h3-9H,2,10-11H2,1H3,(H,20,27)(H,21,22,26). The highest BCUT2D eigenvalue weighted by Crippen LogP contribution is 2.26. The van der Waals surface area contributed by atoms with E-state index in [1.54, 1.807) is 6.07 Å². The molecule has 0 unspecified atom stereocenters. The van der Waals surface area contributed by atoms with Gasteiger partial charge >= 0.3 is 0 Å². The minimum Gasteiger partial charge on any atom is -0.344 e. The lowest BCUT2D eigenvalue weighted by Gasteiger charge is -2.08. The average Bonchev–Trinajstić information content (AvgIpc) is 3.49. The SMILES string of the molecule is CCn1c(CNC(=O)c2cccs2)nnc1SCC(=O)Nc1nc2ccccc2s1. The van der Waals surface area contributed by atoms with Gasteiger partial charge < -0.3 is 15.2 Å². The highest BCUT2D eigenvalue weighted by molar-refractivity contribution is 7.99. The highest BCUT2D eigenvalue weighted by atomic mass is 32.2. The van der Waals surface area contributed by atoms with E-state index in [1.807, 2.05) is 47.2 Å². The van der Waals surface area contributed by atoms with Crippen LogP contribution in [0, 0.1) is 0 Å². The first-order chi connectivity index (χ1) is 14.6. The Hall–Kier alpha value is -2.76. The normalized spacial score (nSPS) is 11.0. The molecule has 0 atom stereocenters. The molecule has 3 aromatic heterocycles. The fourth-order valence-electron chi connectivity index (χ4n) is 2.74. The number of carbonyl (C=O) groups is 2. The number of para-hydroxylation sites is 1. The maximum atomic E-state index is 12.3. The number of amides is 2. The van der Waals surface area contributed by atoms with Crippen molar-refractivity contribution >= 4 is 61.6 Å². The number of aromatic nitrogens is 4. The zero-order chi connectivity index (χ0) is 20.9. The Bertz CT molecular complexity index is 1140. The van der Waals surface area contributed by atoms with Gasteiger partial charge in [-0.25, -0.2) is 4.98 Å². The summed E-state index contributed by atoms with van der Waals surface area (Å²) >= 11 is 4.13. The quantitative estimate of drug-likeness (QED) is 0.391. The van der Waals surface area contributed by atoms with Gasteiger partial charge in [-0.15, -0.1) is 21.5 Å². The Morgan fingerprint density at radius 3 is 2.80 bits per heavy atom. The fraction of sp³-hybridized carbons (Fsp3) is 0.211. The number of anilines is 1. The number of hydrogen-bond donors (Lipinski definition) is 2. The van der Waals surface area contributed by atoms with E-state index in [4.69, 9.17) is 0 Å². The van der Waals surface area contributed by atoms with Crippen LogP contribution in [-0.4, -0.2) is 37.3 Å². The molecule has 3 heterocycles. The molecule has 0 aliphatic carbocycles. The number of thiophene rings is 1. The van der Waals surface area contributed by atoms with Gasteiger partial charge in [-0.3, -0.25) is 9.59 Å². The van der Waals surface area contributed by atoms with Crippen LogP contribution in [0.4, 0.5) is 5.13 Å². The summed E-state index contributed by atoms with van der Waals surface area (Å²) in [5, 5.41) is 17.1. The van der Waals surface area contributed by atoms with Crippen LogP contribution in [-0.2, 0) is 17.9 Å². The van der Waals surface area contributed by atoms with Gasteiger partial charge in [0.25, 0.3) is 5.91 Å². The molecule has 0 radical (unpaired) electrons. The molecule has 154 valence electrons. The molecule has 0 aliphatic heterocycles. The number of rotatable bonds is 8. The smallest absolute Gasteiger partial charge is 0.261 e. The van der Waals surface area contributed by atoms with E-state index in [0.717, 1.165) is 10.2 Å². The summed E-state index contributed by atoms with van der Waals surface area (Å²) in [6.45, 7) is 2.88. The van der Waals surface area contributed by atoms with Gasteiger partial charge in [0.15, 0.2) is 16.1 Å². The lowest BCUT2D eigenvalue weighted by molar-refractivity contribution is -0.113. The molecule has 0 saturated carbocycles. The topological polar surface area (TPSA) is 102 Å². The van der Waals surface area contributed by atoms with Gasteiger partial charge in [-0.1, -0.05) is 41.3 Å². The van der Waals surface area contributed by atoms with E-state index in [9.17, 15) is 9.59 Å². The summed E-state index contributed by atoms with van der Waals surface area (Å²) in [6, 6.07) is 11.4. The molecule has 4 aromatic rings. The van der Waals surface area contributed by atoms with Crippen molar-refractivity contribution in [2.24, 2.45) is 0 Å². The lowest BCUT2D eigenvalue weighted by Crippen LogP contribution is -2.24. The van der Waals surface area contributed by atoms with Gasteiger partial charge in [-0.05, 0) is 30.5 Å². The van der Waals surface area contributed by atoms with Gasteiger partial charge in [0, 0.05) is 6.54 Å². The summed E-state index contributed by atoms with van der Waals surface area (Å²) in [5.41, 5.74) is 0.866. The molecule has 30 heavy (non-hydrogen) atoms. The van der Waals surface area contributed by atoms with Crippen molar-refractivity contribution in [2.45, 2.75) is 25.2 Å². The third kappa shape index (κ3) is 4.69. The van der Waals surface area contributed by atoms with Crippen LogP contribution in [0.3, 0.4) is 0 Å². The largest absolute Gasteiger partial charge is 0.344 e. The predicted molar refractivity (Wildman–Crippen MR) is 120 cm³/mol. The maximum absolute atomic E-state index is 12.3. The number of nitrogens with one attached hydrogen (secondary N) is 2. The molecule has 0 bridgehead atoms. The highest BCUT2D eigenvalue weighted by Gasteiger charge is 2.15. The Kier molecular flexibility index (Phi) is 6.41. The summed E-state index contributed by atoms with van der Waals surface area (Å²) in [7, 11) is 0. The number of hydrogen-bond acceptors (Lipinski definition) is 8. The van der Waals surface area contributed by atoms with Crippen molar-refractivity contribution in [3.63, 3.8) is 0 Å². The summed E-state index contributed by atoms with van der Waals surface area (Å²) in [4.78, 5) is 29.5. The molecule has 0 saturated heterocycles. The Morgan fingerprint density at radius 1 is 1.17 bits per heavy atom. The maximum Gasteiger partial charge on any atom is 0.261 e. The number of thioether (sulfide) groups is 1. The van der Waals surface area contributed by atoms with Crippen molar-refractivity contribution in [2.75, 3.05) is 11.1 Å². The van der Waals surface area contributed by atoms with E-state index in [2.05, 4.69) is 25.8 Å². The molecule has 0 aliphatic rings. The molecule has 8 nitrogen and oxygen atoms in total. The Morgan fingerprint density at radius 2 is 2.03 bits per heavy atom. The van der Waals surface area contributed by atoms with Crippen LogP contribution < -0.4 is 10.6 Å². The average molecular weight is 459 g/mol. The minimum absolute atomic E-state index is 0.139. The number of benzene rings is 1. The minimum atomic E-state index is -0.155. The van der Waals surface area contributed by atoms with Crippen molar-refractivity contribution in [3.05, 3.63) is 52.5 Å². The number of nitrogens with zero attached hydrogens (tertiary/aromatic N) is 4. The van der Waals surface area contributed by atoms with Crippen molar-refractivity contribution < 1.29 is 9.59 Å². The molecular formula is C19H18N6O2S3. The molecule has 0 fully saturated rings. The van der Waals surface area contributed by atoms with E-state index in [-0.39, 0.29) is 24.1 Å². The Balaban J connectivity index is 1.33. The van der Waals surface area contributed by atoms with Crippen molar-refractivity contribution in [1.82, 2.24) is 25.1 Å². The molecular weight excluding hydrogens is 440 g/mol. The van der Waals surface area contributed by atoms with Gasteiger partial charge in [0.1, 0.15) is 0 Å². The molecule has 2 N–H and O–H groups in total. The second kappa shape index (κ2) is 9.37. The first kappa shape index (κ1) is 20.5. The third-order valence-electron chi connectivity index (χ3n) is 4.13. The summed E-state index contributed by atoms with van der Waals surface area (Å²) in [6.07, 6.45) is 0.